The van der Waals surface area contributed by atoms with Crippen molar-refractivity contribution in [2.75, 3.05) is 9.80 Å². The molecule has 0 fully saturated rings. The molecule has 0 aliphatic heterocycles. The summed E-state index contributed by atoms with van der Waals surface area (Å²) in [6, 6.07) is 102. The lowest BCUT2D eigenvalue weighted by molar-refractivity contribution is 1.18. The molecule has 0 aliphatic carbocycles. The molecule has 0 spiro atoms. The van der Waals surface area contributed by atoms with Crippen LogP contribution in [0.5, 0.6) is 0 Å². The Morgan fingerprint density at radius 1 is 0.265 bits per heavy atom. The molecule has 0 saturated carbocycles. The van der Waals surface area contributed by atoms with Crippen molar-refractivity contribution in [2.24, 2.45) is 0 Å². The van der Waals surface area contributed by atoms with E-state index < -0.39 is 0 Å². The summed E-state index contributed by atoms with van der Waals surface area (Å²) in [6.45, 7) is 14.2. The van der Waals surface area contributed by atoms with Crippen LogP contribution in [0.4, 0.5) is 34.1 Å². The fourth-order valence-electron chi connectivity index (χ4n) is 11.9. The minimum atomic E-state index is 1.05. The number of fused-ring (bicyclic) bond motifs is 6. The van der Waals surface area contributed by atoms with Crippen molar-refractivity contribution in [3.63, 3.8) is 0 Å². The molecule has 4 heteroatoms. The number of aromatic nitrogens is 2. The van der Waals surface area contributed by atoms with E-state index in [1.165, 1.54) is 49.4 Å². The molecule has 2 heterocycles. The van der Waals surface area contributed by atoms with Crippen LogP contribution in [0.15, 0.2) is 299 Å². The van der Waals surface area contributed by atoms with E-state index in [9.17, 15) is 0 Å². The molecule has 14 rings (SSSR count). The highest BCUT2D eigenvalue weighted by molar-refractivity contribution is 6.13. The Labute approximate surface area is 485 Å². The Morgan fingerprint density at radius 2 is 0.530 bits per heavy atom. The molecule has 0 unspecified atom stereocenters. The van der Waals surface area contributed by atoms with Gasteiger partial charge in [0.2, 0.25) is 0 Å². The van der Waals surface area contributed by atoms with Crippen molar-refractivity contribution >= 4 is 96.0 Å². The summed E-state index contributed by atoms with van der Waals surface area (Å²) in [5, 5.41) is 4.75. The summed E-state index contributed by atoms with van der Waals surface area (Å²) < 4.78 is 4.77. The Kier molecular flexibility index (Phi) is 12.9. The zero-order chi connectivity index (χ0) is 56.0. The summed E-state index contributed by atoms with van der Waals surface area (Å²) in [6.07, 6.45) is 5.67. The van der Waals surface area contributed by atoms with Gasteiger partial charge in [-0.3, -0.25) is 0 Å². The fraction of sp³-hybridized carbons (Fsp3) is 0.0127. The third kappa shape index (κ3) is 9.28. The second-order valence-corrected chi connectivity index (χ2v) is 21.3. The third-order valence-corrected chi connectivity index (χ3v) is 16.3. The zero-order valence-electron chi connectivity index (χ0n) is 46.2. The highest BCUT2D eigenvalue weighted by atomic mass is 15.1. The van der Waals surface area contributed by atoms with Gasteiger partial charge < -0.3 is 18.9 Å². The smallest absolute Gasteiger partial charge is 0.0542 e. The number of benzene rings is 12. The number of rotatable bonds is 14. The molecule has 4 nitrogen and oxygen atoms in total. The molecule has 0 N–H and O–H groups in total. The largest absolute Gasteiger partial charge is 0.310 e. The lowest BCUT2D eigenvalue weighted by Crippen LogP contribution is -2.10. The van der Waals surface area contributed by atoms with Gasteiger partial charge in [0.05, 0.1) is 22.1 Å². The van der Waals surface area contributed by atoms with E-state index in [1.54, 1.807) is 0 Å². The molecule has 12 aromatic carbocycles. The van der Waals surface area contributed by atoms with Crippen molar-refractivity contribution in [3.8, 4) is 44.8 Å². The molecular formula is C79H58N4. The van der Waals surface area contributed by atoms with E-state index >= 15 is 0 Å². The number of nitrogens with zero attached hydrogens (tertiary/aromatic N) is 4. The summed E-state index contributed by atoms with van der Waals surface area (Å²) in [5.74, 6) is 0. The first-order valence-corrected chi connectivity index (χ1v) is 28.2. The maximum atomic E-state index is 4.06. The molecule has 14 aromatic rings. The van der Waals surface area contributed by atoms with E-state index in [0.717, 1.165) is 95.4 Å². The maximum Gasteiger partial charge on any atom is 0.0542 e. The van der Waals surface area contributed by atoms with E-state index in [0.29, 0.717) is 0 Å². The van der Waals surface area contributed by atoms with Crippen molar-refractivity contribution in [2.45, 2.75) is 6.92 Å². The van der Waals surface area contributed by atoms with Gasteiger partial charge in [0, 0.05) is 67.0 Å². The number of anilines is 6. The SMILES string of the molecule is C=Cc1ccc(-c2ccc3c(c2)c2cc(N(c4ccc(C)cc4)c4ccc(-c5ccc(N(c6ccc(C=C)cc6)c6ccc7c(c6)c6cc(-c8ccc(C=C)cc8)ccc6n7-c6ccccc6)cc5)cc4)ccc2n3-c2ccccc2)cc1. The van der Waals surface area contributed by atoms with E-state index in [1.807, 2.05) is 18.2 Å². The number of hydrogen-bond acceptors (Lipinski definition) is 2. The first-order chi connectivity index (χ1) is 40.9. The van der Waals surface area contributed by atoms with Crippen molar-refractivity contribution < 1.29 is 0 Å². The van der Waals surface area contributed by atoms with E-state index in [2.05, 4.69) is 325 Å². The molecule has 0 atom stereocenters. The van der Waals surface area contributed by atoms with Gasteiger partial charge in [-0.2, -0.15) is 0 Å². The highest BCUT2D eigenvalue weighted by Gasteiger charge is 2.21. The zero-order valence-corrected chi connectivity index (χ0v) is 46.2. The Hall–Kier alpha value is -10.9. The van der Waals surface area contributed by atoms with Gasteiger partial charge in [-0.05, 0) is 190 Å². The predicted octanol–water partition coefficient (Wildman–Crippen LogP) is 22.1. The first-order valence-electron chi connectivity index (χ1n) is 28.2. The topological polar surface area (TPSA) is 16.3 Å². The number of para-hydroxylation sites is 2. The standard InChI is InChI=1S/C79H58N4/c1-5-55-20-26-60(27-21-55)62-34-46-76-72(50-62)74-52-70(44-48-78(74)82(76)64-14-10-8-11-15-64)80(66-36-18-54(4)19-37-66)68-40-30-58(31-41-68)59-32-42-69(43-33-59)81(67-38-24-57(7-3)25-39-67)71-45-49-79-75(53-71)73-51-63(61-28-22-56(6-2)23-29-61)35-47-77(73)83(79)65-16-12-9-13-17-65/h5-53H,1-3H2,4H3. The molecule has 0 radical (unpaired) electrons. The molecule has 83 heavy (non-hydrogen) atoms. The van der Waals surface area contributed by atoms with Gasteiger partial charge in [0.1, 0.15) is 0 Å². The van der Waals surface area contributed by atoms with Gasteiger partial charge in [0.15, 0.2) is 0 Å². The molecule has 0 amide bonds. The van der Waals surface area contributed by atoms with Crippen LogP contribution < -0.4 is 9.80 Å². The van der Waals surface area contributed by atoms with Gasteiger partial charge in [0.25, 0.3) is 0 Å². The number of aryl methyl sites for hydroxylation is 1. The highest BCUT2D eigenvalue weighted by Crippen LogP contribution is 2.44. The van der Waals surface area contributed by atoms with Crippen molar-refractivity contribution in [1.29, 1.82) is 0 Å². The molecule has 0 bridgehead atoms. The van der Waals surface area contributed by atoms with Crippen LogP contribution in [-0.2, 0) is 0 Å². The van der Waals surface area contributed by atoms with Crippen LogP contribution in [0.25, 0.3) is 107 Å². The Bertz CT molecular complexity index is 4720. The minimum absolute atomic E-state index is 1.05. The normalized spacial score (nSPS) is 11.3. The second kappa shape index (κ2) is 21.3. The van der Waals surface area contributed by atoms with E-state index in [-0.39, 0.29) is 0 Å². The predicted molar refractivity (Wildman–Crippen MR) is 356 cm³/mol. The van der Waals surface area contributed by atoms with Crippen LogP contribution in [0.1, 0.15) is 22.3 Å². The summed E-state index contributed by atoms with van der Waals surface area (Å²) in [4.78, 5) is 4.73. The lowest BCUT2D eigenvalue weighted by Gasteiger charge is -2.26. The minimum Gasteiger partial charge on any atom is -0.310 e. The van der Waals surface area contributed by atoms with Crippen LogP contribution in [-0.4, -0.2) is 9.13 Å². The van der Waals surface area contributed by atoms with Crippen molar-refractivity contribution in [1.82, 2.24) is 9.13 Å². The van der Waals surface area contributed by atoms with Crippen molar-refractivity contribution in [3.05, 3.63) is 321 Å². The fourth-order valence-corrected chi connectivity index (χ4v) is 11.9. The first kappa shape index (κ1) is 50.3. The molecule has 0 aliphatic rings. The molecular weight excluding hydrogens is 1000 g/mol. The van der Waals surface area contributed by atoms with Crippen LogP contribution in [0.2, 0.25) is 0 Å². The second-order valence-electron chi connectivity index (χ2n) is 21.3. The van der Waals surface area contributed by atoms with Gasteiger partial charge in [-0.15, -0.1) is 0 Å². The maximum absolute atomic E-state index is 4.06. The third-order valence-electron chi connectivity index (χ3n) is 16.3. The van der Waals surface area contributed by atoms with Gasteiger partial charge in [-0.25, -0.2) is 0 Å². The van der Waals surface area contributed by atoms with Crippen LogP contribution >= 0.6 is 0 Å². The van der Waals surface area contributed by atoms with Gasteiger partial charge >= 0.3 is 0 Å². The van der Waals surface area contributed by atoms with Gasteiger partial charge in [-0.1, -0.05) is 189 Å². The molecule has 394 valence electrons. The Morgan fingerprint density at radius 3 is 0.892 bits per heavy atom. The summed E-state index contributed by atoms with van der Waals surface area (Å²) >= 11 is 0. The Balaban J connectivity index is 0.841. The summed E-state index contributed by atoms with van der Waals surface area (Å²) in [5.41, 5.74) is 24.7. The molecule has 0 saturated heterocycles. The quantitative estimate of drug-likeness (QED) is 0.108. The van der Waals surface area contributed by atoms with Crippen LogP contribution in [0, 0.1) is 6.92 Å². The average Bonchev–Trinajstić information content (AvgIpc) is 3.29. The average molecular weight is 1060 g/mol. The number of hydrogen-bond donors (Lipinski definition) is 0. The monoisotopic (exact) mass is 1060 g/mol. The van der Waals surface area contributed by atoms with E-state index in [4.69, 9.17) is 0 Å². The lowest BCUT2D eigenvalue weighted by atomic mass is 10.0. The summed E-state index contributed by atoms with van der Waals surface area (Å²) in [7, 11) is 0. The van der Waals surface area contributed by atoms with Crippen LogP contribution in [0.3, 0.4) is 0 Å². The molecule has 2 aromatic heterocycles.